The smallest absolute Gasteiger partial charge is 0.321 e. The predicted molar refractivity (Wildman–Crippen MR) is 132 cm³/mol. The van der Waals surface area contributed by atoms with E-state index in [1.165, 1.54) is 24.4 Å². The van der Waals surface area contributed by atoms with Gasteiger partial charge in [-0.05, 0) is 35.7 Å². The first-order valence-corrected chi connectivity index (χ1v) is 11.4. The molecule has 3 heterocycles. The van der Waals surface area contributed by atoms with Gasteiger partial charge >= 0.3 is 6.55 Å². The molecule has 1 amide bonds. The molecule has 0 radical (unpaired) electrons. The number of rotatable bonds is 6. The van der Waals surface area contributed by atoms with Crippen molar-refractivity contribution in [1.82, 2.24) is 14.9 Å². The van der Waals surface area contributed by atoms with E-state index in [0.717, 1.165) is 12.3 Å². The lowest BCUT2D eigenvalue weighted by Gasteiger charge is -2.20. The Hall–Kier alpha value is -3.70. The molecule has 1 saturated heterocycles. The first kappa shape index (κ1) is 25.4. The van der Waals surface area contributed by atoms with Gasteiger partial charge in [-0.1, -0.05) is 29.3 Å². The maximum absolute atomic E-state index is 13.0. The molecule has 1 atom stereocenters. The molecule has 4 rings (SSSR count). The zero-order valence-electron chi connectivity index (χ0n) is 18.5. The third-order valence-electron chi connectivity index (χ3n) is 5.78. The Bertz CT molecular complexity index is 1420. The van der Waals surface area contributed by atoms with E-state index in [1.54, 1.807) is 11.0 Å². The Morgan fingerprint density at radius 3 is 2.61 bits per heavy atom. The van der Waals surface area contributed by atoms with E-state index in [1.807, 2.05) is 0 Å². The molecule has 9 nitrogen and oxygen atoms in total. The van der Waals surface area contributed by atoms with Gasteiger partial charge in [0.05, 0.1) is 21.2 Å². The molecule has 0 saturated carbocycles. The number of carbonyl (C=O) groups is 1. The molecule has 13 heteroatoms. The molecule has 0 aliphatic carbocycles. The third kappa shape index (κ3) is 4.98. The van der Waals surface area contributed by atoms with Crippen molar-refractivity contribution in [2.24, 2.45) is 5.73 Å². The molecule has 1 aliphatic rings. The normalized spacial score (nSPS) is 15.4. The first-order valence-electron chi connectivity index (χ1n) is 10.6. The molecule has 36 heavy (non-hydrogen) atoms. The zero-order chi connectivity index (χ0) is 26.1. The van der Waals surface area contributed by atoms with Crippen molar-refractivity contribution in [2.45, 2.75) is 19.0 Å². The lowest BCUT2D eigenvalue weighted by Crippen LogP contribution is -2.37. The third-order valence-corrected chi connectivity index (χ3v) is 6.37. The molecule has 1 unspecified atom stereocenters. The van der Waals surface area contributed by atoms with E-state index < -0.39 is 23.9 Å². The molecule has 2 aromatic heterocycles. The van der Waals surface area contributed by atoms with Crippen molar-refractivity contribution in [3.8, 4) is 16.9 Å². The Morgan fingerprint density at radius 2 is 1.94 bits per heavy atom. The van der Waals surface area contributed by atoms with E-state index in [-0.39, 0.29) is 38.8 Å². The number of benzene rings is 1. The standard InChI is InChI=1S/C23H20Cl2F2N6O3/c24-15-7-11(12-2-4-17(34)33(9-12)23(26)27)1-3-14(15)22(36)31-13-5-6-32(10-13)21-19(35)18(20(28)29)16(25)8-30-21/h1-4,7-9,13,23,35H,5-6,10H2,(H3,28,29)(H,31,36). The van der Waals surface area contributed by atoms with Gasteiger partial charge in [-0.2, -0.15) is 8.78 Å². The maximum Gasteiger partial charge on any atom is 0.321 e. The van der Waals surface area contributed by atoms with Crippen molar-refractivity contribution in [3.05, 3.63) is 74.3 Å². The molecule has 0 spiro atoms. The fourth-order valence-electron chi connectivity index (χ4n) is 4.00. The number of halogens is 4. The summed E-state index contributed by atoms with van der Waals surface area (Å²) in [4.78, 5) is 30.3. The van der Waals surface area contributed by atoms with Gasteiger partial charge in [0.1, 0.15) is 5.84 Å². The number of nitrogens with two attached hydrogens (primary N) is 1. The predicted octanol–water partition coefficient (Wildman–Crippen LogP) is 3.61. The van der Waals surface area contributed by atoms with Crippen LogP contribution >= 0.6 is 23.2 Å². The average molecular weight is 537 g/mol. The van der Waals surface area contributed by atoms with Gasteiger partial charge < -0.3 is 21.1 Å². The summed E-state index contributed by atoms with van der Waals surface area (Å²) in [5.41, 5.74) is 5.65. The molecular weight excluding hydrogens is 517 g/mol. The second-order valence-corrected chi connectivity index (χ2v) is 8.92. The summed E-state index contributed by atoms with van der Waals surface area (Å²) in [6.07, 6.45) is 2.88. The van der Waals surface area contributed by atoms with E-state index in [2.05, 4.69) is 10.3 Å². The number of hydrogen-bond donors (Lipinski definition) is 4. The van der Waals surface area contributed by atoms with Crippen LogP contribution in [0, 0.1) is 5.41 Å². The molecule has 0 bridgehead atoms. The summed E-state index contributed by atoms with van der Waals surface area (Å²) in [5, 5.41) is 21.1. The summed E-state index contributed by atoms with van der Waals surface area (Å²) in [6.45, 7) is -2.18. The van der Waals surface area contributed by atoms with E-state index in [9.17, 15) is 23.5 Å². The van der Waals surface area contributed by atoms with Gasteiger partial charge in [0.2, 0.25) is 0 Å². The van der Waals surface area contributed by atoms with E-state index in [4.69, 9.17) is 34.3 Å². The van der Waals surface area contributed by atoms with Crippen molar-refractivity contribution < 1.29 is 18.7 Å². The highest BCUT2D eigenvalue weighted by Crippen LogP contribution is 2.35. The minimum atomic E-state index is -2.98. The number of carbonyl (C=O) groups excluding carboxylic acids is 1. The second-order valence-electron chi connectivity index (χ2n) is 8.11. The molecule has 3 aromatic rings. The number of aromatic hydroxyl groups is 1. The molecule has 188 valence electrons. The fourth-order valence-corrected chi connectivity index (χ4v) is 4.50. The number of amidine groups is 1. The quantitative estimate of drug-likeness (QED) is 0.280. The van der Waals surface area contributed by atoms with Crippen LogP contribution in [0.15, 0.2) is 47.5 Å². The molecular formula is C23H20Cl2F2N6O3. The number of nitrogen functional groups attached to an aromatic ring is 1. The van der Waals surface area contributed by atoms with Crippen molar-refractivity contribution >= 4 is 40.8 Å². The number of alkyl halides is 2. The van der Waals surface area contributed by atoms with Gasteiger partial charge in [-0.15, -0.1) is 0 Å². The van der Waals surface area contributed by atoms with Crippen LogP contribution in [-0.2, 0) is 0 Å². The fraction of sp³-hybridized carbons (Fsp3) is 0.217. The summed E-state index contributed by atoms with van der Waals surface area (Å²) in [6, 6.07) is 6.64. The molecule has 1 fully saturated rings. The number of anilines is 1. The first-order chi connectivity index (χ1) is 17.1. The Labute approximate surface area is 213 Å². The maximum atomic E-state index is 13.0. The minimum absolute atomic E-state index is 0.00927. The Morgan fingerprint density at radius 1 is 1.22 bits per heavy atom. The lowest BCUT2D eigenvalue weighted by atomic mass is 10.0. The largest absolute Gasteiger partial charge is 0.504 e. The van der Waals surface area contributed by atoms with Crippen LogP contribution in [0.3, 0.4) is 0 Å². The Balaban J connectivity index is 1.48. The number of hydrogen-bond acceptors (Lipinski definition) is 6. The summed E-state index contributed by atoms with van der Waals surface area (Å²) in [5.74, 6) is -0.933. The number of amides is 1. The van der Waals surface area contributed by atoms with Crippen molar-refractivity contribution in [3.63, 3.8) is 0 Å². The molecule has 1 aliphatic heterocycles. The second kappa shape index (κ2) is 10.1. The van der Waals surface area contributed by atoms with Crippen LogP contribution in [0.5, 0.6) is 5.75 Å². The van der Waals surface area contributed by atoms with Crippen LogP contribution < -0.4 is 21.5 Å². The lowest BCUT2D eigenvalue weighted by molar-refractivity contribution is 0.0665. The molecule has 5 N–H and O–H groups in total. The number of nitrogens with zero attached hydrogens (tertiary/aromatic N) is 3. The van der Waals surface area contributed by atoms with Crippen molar-refractivity contribution in [1.29, 1.82) is 5.41 Å². The average Bonchev–Trinajstić information content (AvgIpc) is 3.26. The van der Waals surface area contributed by atoms with Crippen LogP contribution in [0.1, 0.15) is 28.9 Å². The number of nitrogens with one attached hydrogen (secondary N) is 2. The van der Waals surface area contributed by atoms with Crippen molar-refractivity contribution in [2.75, 3.05) is 18.0 Å². The highest BCUT2D eigenvalue weighted by molar-refractivity contribution is 6.34. The number of aromatic nitrogens is 2. The zero-order valence-corrected chi connectivity index (χ0v) is 20.0. The highest BCUT2D eigenvalue weighted by Gasteiger charge is 2.29. The number of pyridine rings is 2. The van der Waals surface area contributed by atoms with E-state index >= 15 is 0 Å². The van der Waals surface area contributed by atoms with Gasteiger partial charge in [-0.3, -0.25) is 19.6 Å². The van der Waals surface area contributed by atoms with Crippen LogP contribution in [0.2, 0.25) is 10.0 Å². The summed E-state index contributed by atoms with van der Waals surface area (Å²) in [7, 11) is 0. The van der Waals surface area contributed by atoms with Gasteiger partial charge in [0.25, 0.3) is 11.5 Å². The topological polar surface area (TPSA) is 137 Å². The van der Waals surface area contributed by atoms with Gasteiger partial charge in [0, 0.05) is 37.6 Å². The van der Waals surface area contributed by atoms with E-state index in [0.29, 0.717) is 35.2 Å². The summed E-state index contributed by atoms with van der Waals surface area (Å²) >= 11 is 12.3. The highest BCUT2D eigenvalue weighted by atomic mass is 35.5. The SMILES string of the molecule is N=C(N)c1c(Cl)cnc(N2CCC(NC(=O)c3ccc(-c4ccc(=O)n(C(F)F)c4)cc3Cl)C2)c1O. The van der Waals surface area contributed by atoms with Gasteiger partial charge in [0.15, 0.2) is 11.6 Å². The van der Waals surface area contributed by atoms with Gasteiger partial charge in [-0.25, -0.2) is 4.98 Å². The molecule has 1 aromatic carbocycles. The van der Waals surface area contributed by atoms with Crippen LogP contribution in [0.25, 0.3) is 11.1 Å². The minimum Gasteiger partial charge on any atom is -0.504 e. The van der Waals surface area contributed by atoms with Crippen LogP contribution in [0.4, 0.5) is 14.6 Å². The van der Waals surface area contributed by atoms with Crippen LogP contribution in [-0.4, -0.2) is 45.5 Å². The summed E-state index contributed by atoms with van der Waals surface area (Å²) < 4.78 is 26.4. The Kier molecular flexibility index (Phi) is 7.14. The monoisotopic (exact) mass is 536 g/mol.